The maximum absolute atomic E-state index is 13.8. The molecule has 4 heterocycles. The number of benzene rings is 4. The molecule has 1 atom stereocenters. The minimum Gasteiger partial charge on any atom is -0.375 e. The standard InChI is InChI=1S/C39H36N12O4/c1-21-18-23(35(41)53)20-29-31(21)51(39(43-29)45-37(55)33-25-11-5-7-13-27(25)47-49(33)3)17-9-8-16-50-30-15-14-22(34(40)52)19-28(30)42-38(50)44-36(54)32-24-10-4-6-12-26(24)46-48(32)2/h4-15,18-20,35,53H,16-17,41H2,1-3H3,(H2,40,52)(H,42,44,54)(H,43,45,55)/b9-8+. The summed E-state index contributed by atoms with van der Waals surface area (Å²) >= 11 is 0. The second-order valence-electron chi connectivity index (χ2n) is 13.2. The minimum atomic E-state index is -1.21. The van der Waals surface area contributed by atoms with Gasteiger partial charge in [0.05, 0.1) is 33.1 Å². The molecule has 4 aromatic heterocycles. The van der Waals surface area contributed by atoms with Gasteiger partial charge in [-0.2, -0.15) is 10.2 Å². The molecule has 0 saturated carbocycles. The first-order valence-electron chi connectivity index (χ1n) is 17.3. The second-order valence-corrected chi connectivity index (χ2v) is 13.2. The zero-order valence-electron chi connectivity index (χ0n) is 30.1. The number of aliphatic hydroxyl groups is 1. The Morgan fingerprint density at radius 3 is 1.87 bits per heavy atom. The molecule has 0 spiro atoms. The van der Waals surface area contributed by atoms with E-state index in [0.717, 1.165) is 11.1 Å². The van der Waals surface area contributed by atoms with Gasteiger partial charge in [-0.1, -0.05) is 48.6 Å². The first kappa shape index (κ1) is 34.9. The van der Waals surface area contributed by atoms with Gasteiger partial charge in [0.2, 0.25) is 17.8 Å². The lowest BCUT2D eigenvalue weighted by Gasteiger charge is -2.11. The van der Waals surface area contributed by atoms with Crippen LogP contribution in [0.2, 0.25) is 0 Å². The van der Waals surface area contributed by atoms with Crippen molar-refractivity contribution in [2.45, 2.75) is 26.2 Å². The number of primary amides is 1. The highest BCUT2D eigenvalue weighted by molar-refractivity contribution is 6.12. The molecule has 16 nitrogen and oxygen atoms in total. The van der Waals surface area contributed by atoms with Crippen LogP contribution in [-0.4, -0.2) is 61.5 Å². The largest absolute Gasteiger partial charge is 0.375 e. The van der Waals surface area contributed by atoms with Crippen LogP contribution in [0.5, 0.6) is 0 Å². The van der Waals surface area contributed by atoms with Gasteiger partial charge < -0.3 is 25.7 Å². The number of imidazole rings is 2. The summed E-state index contributed by atoms with van der Waals surface area (Å²) in [6.07, 6.45) is 2.60. The molecule has 0 bridgehead atoms. The Morgan fingerprint density at radius 1 is 0.745 bits per heavy atom. The number of carbonyl (C=O) groups excluding carboxylic acids is 3. The van der Waals surface area contributed by atoms with Crippen molar-refractivity contribution in [1.29, 1.82) is 0 Å². The van der Waals surface area contributed by atoms with Crippen molar-refractivity contribution in [3.05, 3.63) is 119 Å². The number of fused-ring (bicyclic) bond motifs is 4. The van der Waals surface area contributed by atoms with Gasteiger partial charge >= 0.3 is 0 Å². The zero-order valence-corrected chi connectivity index (χ0v) is 30.1. The molecule has 3 amide bonds. The van der Waals surface area contributed by atoms with Crippen LogP contribution >= 0.6 is 0 Å². The number of rotatable bonds is 10. The Kier molecular flexibility index (Phi) is 8.67. The summed E-state index contributed by atoms with van der Waals surface area (Å²) in [5, 5.41) is 26.4. The van der Waals surface area contributed by atoms with Gasteiger partial charge in [0.1, 0.15) is 17.6 Å². The summed E-state index contributed by atoms with van der Waals surface area (Å²) in [4.78, 5) is 49.0. The number of aryl methyl sites for hydroxylation is 3. The highest BCUT2D eigenvalue weighted by atomic mass is 16.3. The molecule has 7 N–H and O–H groups in total. The van der Waals surface area contributed by atoms with Crippen LogP contribution in [0.1, 0.15) is 48.7 Å². The van der Waals surface area contributed by atoms with Gasteiger partial charge in [0.25, 0.3) is 11.8 Å². The topological polar surface area (TPSA) is 219 Å². The third-order valence-electron chi connectivity index (χ3n) is 9.53. The Bertz CT molecular complexity index is 2870. The lowest BCUT2D eigenvalue weighted by Crippen LogP contribution is -2.19. The van der Waals surface area contributed by atoms with Gasteiger partial charge in [-0.25, -0.2) is 9.97 Å². The summed E-state index contributed by atoms with van der Waals surface area (Å²) in [5.41, 5.74) is 17.4. The van der Waals surface area contributed by atoms with Crippen molar-refractivity contribution in [2.75, 3.05) is 10.6 Å². The molecule has 4 aromatic carbocycles. The number of aromatic nitrogens is 8. The quantitative estimate of drug-likeness (QED) is 0.0998. The van der Waals surface area contributed by atoms with E-state index in [2.05, 4.69) is 25.8 Å². The minimum absolute atomic E-state index is 0.254. The molecule has 0 saturated heterocycles. The van der Waals surface area contributed by atoms with Crippen LogP contribution < -0.4 is 22.1 Å². The number of anilines is 2. The SMILES string of the molecule is Cc1cc(C(N)O)cc2nc(NC(=O)c3c4ccccc4nn3C)n(C/C=C/Cn3c(NC(=O)c4c5ccccc5nn4C)nc4cc(C(N)=O)ccc43)c12. The predicted octanol–water partition coefficient (Wildman–Crippen LogP) is 4.28. The molecule has 276 valence electrons. The molecule has 0 aliphatic rings. The lowest BCUT2D eigenvalue weighted by molar-refractivity contribution is 0.0995. The summed E-state index contributed by atoms with van der Waals surface area (Å²) in [6, 6.07) is 23.2. The smallest absolute Gasteiger partial charge is 0.276 e. The summed E-state index contributed by atoms with van der Waals surface area (Å²) < 4.78 is 6.75. The molecule has 1 unspecified atom stereocenters. The van der Waals surface area contributed by atoms with E-state index in [1.165, 1.54) is 9.36 Å². The fourth-order valence-electron chi connectivity index (χ4n) is 7.03. The van der Waals surface area contributed by atoms with E-state index >= 15 is 0 Å². The van der Waals surface area contributed by atoms with Crippen LogP contribution in [0.25, 0.3) is 43.9 Å². The molecular weight excluding hydrogens is 701 g/mol. The van der Waals surface area contributed by atoms with Crippen molar-refractivity contribution in [1.82, 2.24) is 38.7 Å². The van der Waals surface area contributed by atoms with Gasteiger partial charge in [-0.15, -0.1) is 0 Å². The molecule has 0 fully saturated rings. The second kappa shape index (κ2) is 13.7. The average Bonchev–Trinajstić information content (AvgIpc) is 3.88. The van der Waals surface area contributed by atoms with Gasteiger partial charge in [0, 0.05) is 43.5 Å². The monoisotopic (exact) mass is 736 g/mol. The van der Waals surface area contributed by atoms with Crippen LogP contribution in [0.3, 0.4) is 0 Å². The van der Waals surface area contributed by atoms with E-state index in [1.807, 2.05) is 76.7 Å². The van der Waals surface area contributed by atoms with Crippen molar-refractivity contribution >= 4 is 73.5 Å². The molecule has 16 heteroatoms. The fraction of sp³-hybridized carbons (Fsp3) is 0.154. The fourth-order valence-corrected chi connectivity index (χ4v) is 7.03. The predicted molar refractivity (Wildman–Crippen MR) is 208 cm³/mol. The number of aliphatic hydroxyl groups excluding tert-OH is 1. The van der Waals surface area contributed by atoms with Crippen molar-refractivity contribution in [2.24, 2.45) is 25.6 Å². The number of allylic oxidation sites excluding steroid dienone is 2. The maximum atomic E-state index is 13.8. The van der Waals surface area contributed by atoms with Crippen molar-refractivity contribution < 1.29 is 19.5 Å². The Hall–Kier alpha value is -7.17. The summed E-state index contributed by atoms with van der Waals surface area (Å²) in [6.45, 7) is 2.44. The number of hydrogen-bond donors (Lipinski definition) is 5. The average molecular weight is 737 g/mol. The Morgan fingerprint density at radius 2 is 1.29 bits per heavy atom. The summed E-state index contributed by atoms with van der Waals surface area (Å²) in [5.74, 6) is -0.862. The van der Waals surface area contributed by atoms with Gasteiger partial charge in [-0.05, 0) is 60.5 Å². The summed E-state index contributed by atoms with van der Waals surface area (Å²) in [7, 11) is 3.42. The highest BCUT2D eigenvalue weighted by Crippen LogP contribution is 2.28. The molecular formula is C39H36N12O4. The van der Waals surface area contributed by atoms with E-state index in [-0.39, 0.29) is 30.5 Å². The molecule has 8 rings (SSSR count). The van der Waals surface area contributed by atoms with E-state index in [0.29, 0.717) is 55.3 Å². The molecule has 0 aliphatic heterocycles. The maximum Gasteiger partial charge on any atom is 0.276 e. The first-order chi connectivity index (χ1) is 26.5. The normalized spacial score (nSPS) is 12.4. The molecule has 55 heavy (non-hydrogen) atoms. The van der Waals surface area contributed by atoms with Crippen molar-refractivity contribution in [3.8, 4) is 0 Å². The van der Waals surface area contributed by atoms with Crippen LogP contribution in [0, 0.1) is 6.92 Å². The number of carbonyl (C=O) groups is 3. The van der Waals surface area contributed by atoms with Gasteiger partial charge in [-0.3, -0.25) is 34.4 Å². The number of nitrogens with two attached hydrogens (primary N) is 2. The van der Waals surface area contributed by atoms with Crippen LogP contribution in [0.4, 0.5) is 11.9 Å². The Labute approximate surface area is 312 Å². The lowest BCUT2D eigenvalue weighted by atomic mass is 10.1. The molecule has 8 aromatic rings. The number of nitrogens with one attached hydrogen (secondary N) is 2. The van der Waals surface area contributed by atoms with E-state index in [9.17, 15) is 19.5 Å². The van der Waals surface area contributed by atoms with Crippen molar-refractivity contribution in [3.63, 3.8) is 0 Å². The van der Waals surface area contributed by atoms with E-state index in [4.69, 9.17) is 16.5 Å². The number of hydrogen-bond acceptors (Lipinski definition) is 9. The zero-order chi connectivity index (χ0) is 38.5. The molecule has 0 radical (unpaired) electrons. The third-order valence-corrected chi connectivity index (χ3v) is 9.53. The number of nitrogens with zero attached hydrogens (tertiary/aromatic N) is 8. The third kappa shape index (κ3) is 6.24. The molecule has 0 aliphatic carbocycles. The first-order valence-corrected chi connectivity index (χ1v) is 17.3. The number of amides is 3. The van der Waals surface area contributed by atoms with E-state index < -0.39 is 23.9 Å². The van der Waals surface area contributed by atoms with Crippen LogP contribution in [0.15, 0.2) is 91.0 Å². The van der Waals surface area contributed by atoms with E-state index in [1.54, 1.807) is 44.4 Å². The Balaban J connectivity index is 1.13. The van der Waals surface area contributed by atoms with Gasteiger partial charge in [0.15, 0.2) is 0 Å². The highest BCUT2D eigenvalue weighted by Gasteiger charge is 2.23. The van der Waals surface area contributed by atoms with Crippen LogP contribution in [-0.2, 0) is 27.2 Å².